The van der Waals surface area contributed by atoms with Crippen molar-refractivity contribution in [2.24, 2.45) is 0 Å². The van der Waals surface area contributed by atoms with Crippen molar-refractivity contribution in [1.29, 1.82) is 0 Å². The molecule has 0 atom stereocenters. The molecule has 0 aliphatic heterocycles. The molecule has 1 heterocycles. The second-order valence-electron chi connectivity index (χ2n) is 3.40. The number of thiophene rings is 1. The summed E-state index contributed by atoms with van der Waals surface area (Å²) in [5.41, 5.74) is 0.598. The first kappa shape index (κ1) is 13.4. The predicted octanol–water partition coefficient (Wildman–Crippen LogP) is 4.42. The molecule has 2 rings (SSSR count). The lowest BCUT2D eigenvalue weighted by atomic mass is 10.3. The molecule has 0 radical (unpaired) electrons. The number of carbonyl (C=O) groups is 1. The van der Waals surface area contributed by atoms with E-state index >= 15 is 0 Å². The van der Waals surface area contributed by atoms with Crippen LogP contribution in [0.4, 0.5) is 5.69 Å². The van der Waals surface area contributed by atoms with Crippen LogP contribution < -0.4 is 10.1 Å². The molecular formula is C12H9BrClNO2S. The summed E-state index contributed by atoms with van der Waals surface area (Å²) in [5, 5.41) is 5.00. The minimum atomic E-state index is -0.244. The van der Waals surface area contributed by atoms with Gasteiger partial charge in [0.15, 0.2) is 0 Å². The van der Waals surface area contributed by atoms with E-state index in [1.54, 1.807) is 30.7 Å². The minimum Gasteiger partial charge on any atom is -0.495 e. The highest BCUT2D eigenvalue weighted by Gasteiger charge is 2.14. The van der Waals surface area contributed by atoms with E-state index in [0.717, 1.165) is 4.47 Å². The standard InChI is InChI=1S/C12H9BrClNO2S/c1-17-10-3-2-7(13)6-9(10)15-12(16)11-8(14)4-5-18-11/h2-6H,1H3,(H,15,16). The van der Waals surface area contributed by atoms with Crippen molar-refractivity contribution in [3.8, 4) is 5.75 Å². The Hall–Kier alpha value is -1.04. The van der Waals surface area contributed by atoms with Gasteiger partial charge in [-0.3, -0.25) is 4.79 Å². The smallest absolute Gasteiger partial charge is 0.267 e. The van der Waals surface area contributed by atoms with E-state index in [1.165, 1.54) is 11.3 Å². The van der Waals surface area contributed by atoms with E-state index in [0.29, 0.717) is 21.3 Å². The molecule has 0 saturated carbocycles. The van der Waals surface area contributed by atoms with Crippen LogP contribution >= 0.6 is 38.9 Å². The van der Waals surface area contributed by atoms with Gasteiger partial charge < -0.3 is 10.1 Å². The SMILES string of the molecule is COc1ccc(Br)cc1NC(=O)c1sccc1Cl. The van der Waals surface area contributed by atoms with E-state index in [4.69, 9.17) is 16.3 Å². The summed E-state index contributed by atoms with van der Waals surface area (Å²) >= 11 is 10.6. The lowest BCUT2D eigenvalue weighted by Crippen LogP contribution is -2.11. The highest BCUT2D eigenvalue weighted by Crippen LogP contribution is 2.30. The second kappa shape index (κ2) is 5.73. The number of amides is 1. The highest BCUT2D eigenvalue weighted by molar-refractivity contribution is 9.10. The summed E-state index contributed by atoms with van der Waals surface area (Å²) in [4.78, 5) is 12.5. The third-order valence-electron chi connectivity index (χ3n) is 2.23. The topological polar surface area (TPSA) is 38.3 Å². The first-order valence-corrected chi connectivity index (χ1v) is 7.04. The molecule has 3 nitrogen and oxygen atoms in total. The molecule has 94 valence electrons. The molecule has 0 aliphatic carbocycles. The lowest BCUT2D eigenvalue weighted by Gasteiger charge is -2.10. The molecule has 2 aromatic rings. The fourth-order valence-corrected chi connectivity index (χ4v) is 2.81. The molecule has 0 fully saturated rings. The fourth-order valence-electron chi connectivity index (χ4n) is 1.41. The fraction of sp³-hybridized carbons (Fsp3) is 0.0833. The van der Waals surface area contributed by atoms with E-state index in [-0.39, 0.29) is 5.91 Å². The molecule has 1 amide bonds. The number of anilines is 1. The predicted molar refractivity (Wildman–Crippen MR) is 78.0 cm³/mol. The van der Waals surface area contributed by atoms with Gasteiger partial charge >= 0.3 is 0 Å². The Kier molecular flexibility index (Phi) is 4.27. The zero-order chi connectivity index (χ0) is 13.1. The average molecular weight is 347 g/mol. The van der Waals surface area contributed by atoms with Gasteiger partial charge in [0, 0.05) is 4.47 Å². The van der Waals surface area contributed by atoms with Gasteiger partial charge in [-0.2, -0.15) is 0 Å². The van der Waals surface area contributed by atoms with Crippen molar-refractivity contribution in [2.45, 2.75) is 0 Å². The number of nitrogens with one attached hydrogen (secondary N) is 1. The van der Waals surface area contributed by atoms with E-state index in [2.05, 4.69) is 21.2 Å². The van der Waals surface area contributed by atoms with E-state index in [9.17, 15) is 4.79 Å². The van der Waals surface area contributed by atoms with Gasteiger partial charge in [-0.1, -0.05) is 27.5 Å². The third-order valence-corrected chi connectivity index (χ3v) is 4.07. The number of benzene rings is 1. The summed E-state index contributed by atoms with van der Waals surface area (Å²) < 4.78 is 6.04. The summed E-state index contributed by atoms with van der Waals surface area (Å²) in [6.07, 6.45) is 0. The Balaban J connectivity index is 2.27. The Morgan fingerprint density at radius 3 is 2.83 bits per heavy atom. The van der Waals surface area contributed by atoms with Crippen LogP contribution in [0.15, 0.2) is 34.1 Å². The van der Waals surface area contributed by atoms with Gasteiger partial charge in [0.25, 0.3) is 5.91 Å². The van der Waals surface area contributed by atoms with Gasteiger partial charge in [0.2, 0.25) is 0 Å². The third kappa shape index (κ3) is 2.85. The number of hydrogen-bond acceptors (Lipinski definition) is 3. The van der Waals surface area contributed by atoms with E-state index < -0.39 is 0 Å². The molecule has 1 N–H and O–H groups in total. The molecule has 6 heteroatoms. The molecule has 0 aliphatic rings. The van der Waals surface area contributed by atoms with Crippen molar-refractivity contribution in [3.05, 3.63) is 44.0 Å². The van der Waals surface area contributed by atoms with Gasteiger partial charge in [-0.05, 0) is 29.6 Å². The van der Waals surface area contributed by atoms with Gasteiger partial charge in [-0.25, -0.2) is 0 Å². The normalized spacial score (nSPS) is 10.2. The van der Waals surface area contributed by atoms with Crippen molar-refractivity contribution >= 4 is 50.5 Å². The molecule has 18 heavy (non-hydrogen) atoms. The molecule has 0 saturated heterocycles. The summed E-state index contributed by atoms with van der Waals surface area (Å²) in [5.74, 6) is 0.352. The summed E-state index contributed by atoms with van der Waals surface area (Å²) in [6.45, 7) is 0. The van der Waals surface area contributed by atoms with Crippen LogP contribution in [0.1, 0.15) is 9.67 Å². The Labute approximate surface area is 122 Å². The van der Waals surface area contributed by atoms with Crippen molar-refractivity contribution in [1.82, 2.24) is 0 Å². The maximum absolute atomic E-state index is 12.0. The zero-order valence-electron chi connectivity index (χ0n) is 9.37. The number of ether oxygens (including phenoxy) is 1. The zero-order valence-corrected chi connectivity index (χ0v) is 12.5. The number of hydrogen-bond donors (Lipinski definition) is 1. The van der Waals surface area contributed by atoms with Crippen molar-refractivity contribution < 1.29 is 9.53 Å². The van der Waals surface area contributed by atoms with Gasteiger partial charge in [-0.15, -0.1) is 11.3 Å². The van der Waals surface area contributed by atoms with Crippen LogP contribution in [0.3, 0.4) is 0 Å². The van der Waals surface area contributed by atoms with Crippen LogP contribution in [0.25, 0.3) is 0 Å². The summed E-state index contributed by atoms with van der Waals surface area (Å²) in [7, 11) is 1.55. The minimum absolute atomic E-state index is 0.244. The van der Waals surface area contributed by atoms with Gasteiger partial charge in [0.1, 0.15) is 10.6 Å². The maximum Gasteiger partial charge on any atom is 0.267 e. The van der Waals surface area contributed by atoms with Crippen molar-refractivity contribution in [3.63, 3.8) is 0 Å². The lowest BCUT2D eigenvalue weighted by molar-refractivity contribution is 0.103. The highest BCUT2D eigenvalue weighted by atomic mass is 79.9. The first-order valence-electron chi connectivity index (χ1n) is 4.99. The second-order valence-corrected chi connectivity index (χ2v) is 5.64. The van der Waals surface area contributed by atoms with Crippen LogP contribution in [-0.4, -0.2) is 13.0 Å². The van der Waals surface area contributed by atoms with Gasteiger partial charge in [0.05, 0.1) is 17.8 Å². The quantitative estimate of drug-likeness (QED) is 0.893. The number of rotatable bonds is 3. The molecule has 0 spiro atoms. The largest absolute Gasteiger partial charge is 0.495 e. The molecule has 0 bridgehead atoms. The van der Waals surface area contributed by atoms with E-state index in [1.807, 2.05) is 6.07 Å². The summed E-state index contributed by atoms with van der Waals surface area (Å²) in [6, 6.07) is 7.08. The Bertz CT molecular complexity index is 585. The van der Waals surface area contributed by atoms with Crippen LogP contribution in [-0.2, 0) is 0 Å². The maximum atomic E-state index is 12.0. The molecular weight excluding hydrogens is 338 g/mol. The Morgan fingerprint density at radius 1 is 1.44 bits per heavy atom. The monoisotopic (exact) mass is 345 g/mol. The van der Waals surface area contributed by atoms with Crippen LogP contribution in [0.2, 0.25) is 5.02 Å². The number of carbonyl (C=O) groups excluding carboxylic acids is 1. The number of halogens is 2. The van der Waals surface area contributed by atoms with Crippen LogP contribution in [0, 0.1) is 0 Å². The van der Waals surface area contributed by atoms with Crippen molar-refractivity contribution in [2.75, 3.05) is 12.4 Å². The molecule has 0 unspecified atom stereocenters. The number of methoxy groups -OCH3 is 1. The van der Waals surface area contributed by atoms with Crippen LogP contribution in [0.5, 0.6) is 5.75 Å². The Morgan fingerprint density at radius 2 is 2.22 bits per heavy atom. The molecule has 1 aromatic carbocycles. The first-order chi connectivity index (χ1) is 8.61. The molecule has 1 aromatic heterocycles. The average Bonchev–Trinajstić information content (AvgIpc) is 2.76.